The zero-order valence-corrected chi connectivity index (χ0v) is 23.1. The van der Waals surface area contributed by atoms with Gasteiger partial charge in [-0.25, -0.2) is 4.99 Å². The van der Waals surface area contributed by atoms with Crippen molar-refractivity contribution in [2.24, 2.45) is 4.99 Å². The van der Waals surface area contributed by atoms with Crippen LogP contribution in [0, 0.1) is 11.3 Å². The smallest absolute Gasteiger partial charge is 0.271 e. The van der Waals surface area contributed by atoms with Crippen LogP contribution in [0.15, 0.2) is 70.6 Å². The van der Waals surface area contributed by atoms with Crippen LogP contribution in [0.25, 0.3) is 6.08 Å². The number of hydrogen-bond donors (Lipinski definition) is 0. The van der Waals surface area contributed by atoms with Crippen molar-refractivity contribution in [1.82, 2.24) is 0 Å². The second-order valence-corrected chi connectivity index (χ2v) is 9.81. The van der Waals surface area contributed by atoms with Gasteiger partial charge in [0.25, 0.3) is 5.91 Å². The molecule has 0 saturated carbocycles. The molecule has 8 heteroatoms. The molecule has 1 aliphatic heterocycles. The second-order valence-electron chi connectivity index (χ2n) is 8.40. The average molecular weight is 546 g/mol. The highest BCUT2D eigenvalue weighted by Gasteiger charge is 2.35. The van der Waals surface area contributed by atoms with Crippen molar-refractivity contribution in [1.29, 1.82) is 5.26 Å². The van der Waals surface area contributed by atoms with Gasteiger partial charge in [-0.05, 0) is 90.7 Å². The Labute approximate surface area is 232 Å². The number of carbonyl (C=O) groups excluding carboxylic acids is 1. The van der Waals surface area contributed by atoms with E-state index in [0.29, 0.717) is 38.8 Å². The van der Waals surface area contributed by atoms with Crippen molar-refractivity contribution in [3.63, 3.8) is 0 Å². The second kappa shape index (κ2) is 12.7. The lowest BCUT2D eigenvalue weighted by molar-refractivity contribution is -0.113. The molecule has 194 valence electrons. The summed E-state index contributed by atoms with van der Waals surface area (Å²) in [5, 5.41) is 9.76. The Bertz CT molecular complexity index is 1410. The largest absolute Gasteiger partial charge is 0.490 e. The van der Waals surface area contributed by atoms with Crippen LogP contribution >= 0.6 is 23.4 Å². The van der Waals surface area contributed by atoms with Crippen molar-refractivity contribution in [2.45, 2.75) is 33.6 Å². The predicted octanol–water partition coefficient (Wildman–Crippen LogP) is 7.57. The molecule has 38 heavy (non-hydrogen) atoms. The summed E-state index contributed by atoms with van der Waals surface area (Å²) in [6, 6.07) is 21.3. The molecule has 0 aliphatic carbocycles. The van der Waals surface area contributed by atoms with Gasteiger partial charge in [0.1, 0.15) is 6.07 Å². The third kappa shape index (κ3) is 6.21. The van der Waals surface area contributed by atoms with Gasteiger partial charge < -0.3 is 9.47 Å². The summed E-state index contributed by atoms with van der Waals surface area (Å²) in [6.45, 7) is 6.29. The zero-order chi connectivity index (χ0) is 27.1. The standard InChI is InChI=1S/C30H28ClN3O3S/c1-4-20-7-11-23(12-8-20)33-30-34(24-13-9-21(5-2)10-14-24)29(35)27(38-30)19-22-17-25(31)28(37-16-15-32)26(18-22)36-6-3/h7-14,17-19H,4-6,16H2,1-3H3/b27-19-,33-30?. The van der Waals surface area contributed by atoms with Crippen LogP contribution in [0.5, 0.6) is 11.5 Å². The first-order valence-corrected chi connectivity index (χ1v) is 13.6. The molecular formula is C30H28ClN3O3S. The summed E-state index contributed by atoms with van der Waals surface area (Å²) in [5.41, 5.74) is 4.61. The molecule has 0 radical (unpaired) electrons. The minimum atomic E-state index is -0.179. The highest BCUT2D eigenvalue weighted by atomic mass is 35.5. The highest BCUT2D eigenvalue weighted by Crippen LogP contribution is 2.41. The Hall–Kier alpha value is -3.73. The molecule has 3 aromatic rings. The van der Waals surface area contributed by atoms with E-state index < -0.39 is 0 Å². The molecule has 6 nitrogen and oxygen atoms in total. The van der Waals surface area contributed by atoms with E-state index in [1.54, 1.807) is 23.1 Å². The Morgan fingerprint density at radius 2 is 1.66 bits per heavy atom. The third-order valence-electron chi connectivity index (χ3n) is 5.89. The molecule has 0 unspecified atom stereocenters. The van der Waals surface area contributed by atoms with Gasteiger partial charge in [-0.2, -0.15) is 5.26 Å². The number of aliphatic imine (C=N–C) groups is 1. The van der Waals surface area contributed by atoms with Crippen molar-refractivity contribution in [2.75, 3.05) is 18.1 Å². The molecule has 1 heterocycles. The number of ether oxygens (including phenoxy) is 2. The molecule has 0 N–H and O–H groups in total. The molecule has 1 aliphatic rings. The fourth-order valence-corrected chi connectivity index (χ4v) is 5.18. The predicted molar refractivity (Wildman–Crippen MR) is 156 cm³/mol. The minimum Gasteiger partial charge on any atom is -0.490 e. The summed E-state index contributed by atoms with van der Waals surface area (Å²) >= 11 is 7.78. The van der Waals surface area contributed by atoms with Crippen molar-refractivity contribution < 1.29 is 14.3 Å². The van der Waals surface area contributed by atoms with Crippen LogP contribution < -0.4 is 14.4 Å². The molecule has 0 aromatic heterocycles. The van der Waals surface area contributed by atoms with Crippen molar-refractivity contribution >= 4 is 51.9 Å². The Balaban J connectivity index is 1.75. The first kappa shape index (κ1) is 27.3. The van der Waals surface area contributed by atoms with Crippen molar-refractivity contribution in [3.05, 3.63) is 87.3 Å². The molecule has 4 rings (SSSR count). The number of aryl methyl sites for hydroxylation is 2. The highest BCUT2D eigenvalue weighted by molar-refractivity contribution is 8.19. The maximum absolute atomic E-state index is 13.7. The number of benzene rings is 3. The van der Waals surface area contributed by atoms with E-state index in [4.69, 9.17) is 31.3 Å². The van der Waals surface area contributed by atoms with Gasteiger partial charge >= 0.3 is 0 Å². The molecule has 3 aromatic carbocycles. The summed E-state index contributed by atoms with van der Waals surface area (Å²) in [5.74, 6) is 0.537. The summed E-state index contributed by atoms with van der Waals surface area (Å²) in [7, 11) is 0. The number of nitriles is 1. The van der Waals surface area contributed by atoms with E-state index >= 15 is 0 Å². The van der Waals surface area contributed by atoms with Gasteiger partial charge in [-0.3, -0.25) is 9.69 Å². The van der Waals surface area contributed by atoms with Crippen LogP contribution in [0.2, 0.25) is 5.02 Å². The van der Waals surface area contributed by atoms with Gasteiger partial charge in [0.2, 0.25) is 0 Å². The van der Waals surface area contributed by atoms with E-state index in [2.05, 4.69) is 13.8 Å². The maximum Gasteiger partial charge on any atom is 0.271 e. The van der Waals surface area contributed by atoms with Gasteiger partial charge in [0.05, 0.1) is 27.9 Å². The Morgan fingerprint density at radius 1 is 1.00 bits per heavy atom. The topological polar surface area (TPSA) is 74.9 Å². The SMILES string of the molecule is CCOc1cc(/C=C2\SC(=Nc3ccc(CC)cc3)N(c3ccc(CC)cc3)C2=O)cc(Cl)c1OCC#N. The van der Waals surface area contributed by atoms with Crippen LogP contribution in [-0.4, -0.2) is 24.3 Å². The maximum atomic E-state index is 13.7. The van der Waals surface area contributed by atoms with Gasteiger partial charge in [0, 0.05) is 0 Å². The quantitative estimate of drug-likeness (QED) is 0.259. The normalized spacial score (nSPS) is 15.2. The Morgan fingerprint density at radius 3 is 2.26 bits per heavy atom. The van der Waals surface area contributed by atoms with Gasteiger partial charge in [-0.1, -0.05) is 49.7 Å². The number of rotatable bonds is 9. The average Bonchev–Trinajstić information content (AvgIpc) is 3.22. The first-order valence-electron chi connectivity index (χ1n) is 12.4. The molecular weight excluding hydrogens is 518 g/mol. The lowest BCUT2D eigenvalue weighted by Gasteiger charge is -2.16. The molecule has 1 amide bonds. The van der Waals surface area contributed by atoms with E-state index in [1.165, 1.54) is 22.9 Å². The number of hydrogen-bond acceptors (Lipinski definition) is 6. The number of amidine groups is 1. The fourth-order valence-electron chi connectivity index (χ4n) is 3.90. The molecule has 0 spiro atoms. The van der Waals surface area contributed by atoms with Crippen LogP contribution in [0.4, 0.5) is 11.4 Å². The molecule has 1 saturated heterocycles. The molecule has 0 atom stereocenters. The van der Waals surface area contributed by atoms with E-state index in [9.17, 15) is 4.79 Å². The van der Waals surface area contributed by atoms with E-state index in [0.717, 1.165) is 24.2 Å². The summed E-state index contributed by atoms with van der Waals surface area (Å²) < 4.78 is 11.2. The number of nitrogens with zero attached hydrogens (tertiary/aromatic N) is 3. The van der Waals surface area contributed by atoms with E-state index in [-0.39, 0.29) is 12.5 Å². The zero-order valence-electron chi connectivity index (χ0n) is 21.5. The Kier molecular flexibility index (Phi) is 9.11. The molecule has 1 fully saturated rings. The van der Waals surface area contributed by atoms with Crippen molar-refractivity contribution in [3.8, 4) is 17.6 Å². The minimum absolute atomic E-state index is 0.153. The fraction of sp³-hybridized carbons (Fsp3) is 0.233. The van der Waals surface area contributed by atoms with Crippen LogP contribution in [0.3, 0.4) is 0 Å². The number of anilines is 1. The first-order chi connectivity index (χ1) is 18.5. The number of amides is 1. The number of thioether (sulfide) groups is 1. The summed E-state index contributed by atoms with van der Waals surface area (Å²) in [6.07, 6.45) is 3.63. The third-order valence-corrected chi connectivity index (χ3v) is 7.14. The number of halogens is 1. The molecule has 0 bridgehead atoms. The van der Waals surface area contributed by atoms with E-state index in [1.807, 2.05) is 61.5 Å². The monoisotopic (exact) mass is 545 g/mol. The van der Waals surface area contributed by atoms with Crippen LogP contribution in [0.1, 0.15) is 37.5 Å². The van der Waals surface area contributed by atoms with Gasteiger partial charge in [0.15, 0.2) is 23.3 Å². The lowest BCUT2D eigenvalue weighted by Crippen LogP contribution is -2.28. The number of carbonyl (C=O) groups is 1. The lowest BCUT2D eigenvalue weighted by atomic mass is 10.1. The summed E-state index contributed by atoms with van der Waals surface area (Å²) in [4.78, 5) is 20.7. The van der Waals surface area contributed by atoms with Crippen LogP contribution in [-0.2, 0) is 17.6 Å². The van der Waals surface area contributed by atoms with Gasteiger partial charge in [-0.15, -0.1) is 0 Å².